The average Bonchev–Trinajstić information content (AvgIpc) is 2.90. The van der Waals surface area contributed by atoms with Gasteiger partial charge in [-0.15, -0.1) is 11.3 Å². The molecule has 3 nitrogen and oxygen atoms in total. The molecule has 1 aromatic carbocycles. The lowest BCUT2D eigenvalue weighted by Gasteiger charge is -2.04. The van der Waals surface area contributed by atoms with Crippen molar-refractivity contribution >= 4 is 27.2 Å². The molecule has 0 spiro atoms. The molecule has 0 amide bonds. The highest BCUT2D eigenvalue weighted by Gasteiger charge is 2.04. The number of rotatable bonds is 3. The predicted molar refractivity (Wildman–Crippen MR) is 75.1 cm³/mol. The molecule has 92 valence electrons. The molecule has 0 atom stereocenters. The lowest BCUT2D eigenvalue weighted by atomic mass is 10.2. The van der Waals surface area contributed by atoms with Gasteiger partial charge in [0.05, 0.1) is 28.0 Å². The van der Waals surface area contributed by atoms with Gasteiger partial charge in [0.1, 0.15) is 5.76 Å². The Labute approximate surface area is 109 Å². The van der Waals surface area contributed by atoms with Gasteiger partial charge in [0.25, 0.3) is 0 Å². The Bertz CT molecular complexity index is 684. The monoisotopic (exact) mass is 258 g/mol. The van der Waals surface area contributed by atoms with Crippen LogP contribution in [0.2, 0.25) is 0 Å². The van der Waals surface area contributed by atoms with Gasteiger partial charge >= 0.3 is 0 Å². The number of fused-ring (bicyclic) bond motifs is 1. The number of anilines is 1. The number of benzene rings is 1. The first-order chi connectivity index (χ1) is 8.72. The van der Waals surface area contributed by atoms with Crippen LogP contribution in [0.3, 0.4) is 0 Å². The smallest absolute Gasteiger partial charge is 0.125 e. The topological polar surface area (TPSA) is 38.1 Å². The minimum atomic E-state index is 0.710. The van der Waals surface area contributed by atoms with Crippen molar-refractivity contribution in [3.05, 3.63) is 46.9 Å². The summed E-state index contributed by atoms with van der Waals surface area (Å²) < 4.78 is 6.62. The van der Waals surface area contributed by atoms with E-state index in [2.05, 4.69) is 35.4 Å². The Morgan fingerprint density at radius 2 is 2.17 bits per heavy atom. The number of hydrogen-bond donors (Lipinski definition) is 1. The fraction of sp³-hybridized carbons (Fsp3) is 0.214. The minimum absolute atomic E-state index is 0.710. The Kier molecular flexibility index (Phi) is 2.80. The van der Waals surface area contributed by atoms with Crippen molar-refractivity contribution in [3.8, 4) is 0 Å². The number of nitrogens with zero attached hydrogens (tertiary/aromatic N) is 1. The summed E-state index contributed by atoms with van der Waals surface area (Å²) in [5.41, 5.74) is 3.34. The summed E-state index contributed by atoms with van der Waals surface area (Å²) in [6.45, 7) is 4.79. The summed E-state index contributed by atoms with van der Waals surface area (Å²) in [7, 11) is 0. The van der Waals surface area contributed by atoms with E-state index in [1.54, 1.807) is 17.6 Å². The molecule has 18 heavy (non-hydrogen) atoms. The van der Waals surface area contributed by atoms with Gasteiger partial charge in [0, 0.05) is 5.69 Å². The van der Waals surface area contributed by atoms with Crippen molar-refractivity contribution in [2.45, 2.75) is 20.4 Å². The third kappa shape index (κ3) is 2.11. The van der Waals surface area contributed by atoms with Crippen molar-refractivity contribution in [3.63, 3.8) is 0 Å². The first-order valence-electron chi connectivity index (χ1n) is 5.86. The van der Waals surface area contributed by atoms with Crippen LogP contribution in [-0.2, 0) is 6.54 Å². The van der Waals surface area contributed by atoms with E-state index in [1.807, 2.05) is 13.0 Å². The summed E-state index contributed by atoms with van der Waals surface area (Å²) >= 11 is 1.72. The van der Waals surface area contributed by atoms with Crippen LogP contribution in [0.4, 0.5) is 5.69 Å². The van der Waals surface area contributed by atoms with Crippen LogP contribution >= 0.6 is 11.3 Å². The zero-order valence-electron chi connectivity index (χ0n) is 10.4. The van der Waals surface area contributed by atoms with Gasteiger partial charge in [-0.2, -0.15) is 0 Å². The van der Waals surface area contributed by atoms with Crippen LogP contribution in [0.5, 0.6) is 0 Å². The van der Waals surface area contributed by atoms with E-state index >= 15 is 0 Å². The Morgan fingerprint density at radius 3 is 2.94 bits per heavy atom. The molecular weight excluding hydrogens is 244 g/mol. The molecule has 0 saturated carbocycles. The first kappa shape index (κ1) is 11.3. The van der Waals surface area contributed by atoms with E-state index in [0.29, 0.717) is 6.54 Å². The van der Waals surface area contributed by atoms with E-state index in [9.17, 15) is 0 Å². The van der Waals surface area contributed by atoms with Gasteiger partial charge in [-0.05, 0) is 43.7 Å². The van der Waals surface area contributed by atoms with E-state index in [0.717, 1.165) is 22.0 Å². The summed E-state index contributed by atoms with van der Waals surface area (Å²) in [4.78, 5) is 4.45. The zero-order chi connectivity index (χ0) is 12.5. The van der Waals surface area contributed by atoms with Crippen molar-refractivity contribution in [1.82, 2.24) is 4.98 Å². The molecule has 0 unspecified atom stereocenters. The predicted octanol–water partition coefficient (Wildman–Crippen LogP) is 4.12. The lowest BCUT2D eigenvalue weighted by Crippen LogP contribution is -1.98. The Hall–Kier alpha value is -1.81. The molecule has 0 aliphatic heterocycles. The number of thiazole rings is 1. The van der Waals surface area contributed by atoms with E-state index in [4.69, 9.17) is 4.42 Å². The molecule has 3 rings (SSSR count). The van der Waals surface area contributed by atoms with Gasteiger partial charge in [-0.3, -0.25) is 0 Å². The molecule has 0 aliphatic rings. The van der Waals surface area contributed by atoms with Crippen molar-refractivity contribution in [2.75, 3.05) is 5.32 Å². The largest absolute Gasteiger partial charge is 0.467 e. The number of aromatic nitrogens is 1. The zero-order valence-corrected chi connectivity index (χ0v) is 11.2. The van der Waals surface area contributed by atoms with Gasteiger partial charge in [-0.1, -0.05) is 0 Å². The van der Waals surface area contributed by atoms with Gasteiger partial charge in [-0.25, -0.2) is 4.98 Å². The minimum Gasteiger partial charge on any atom is -0.467 e. The lowest BCUT2D eigenvalue weighted by molar-refractivity contribution is 0.515. The summed E-state index contributed by atoms with van der Waals surface area (Å²) in [5, 5.41) is 4.48. The quantitative estimate of drug-likeness (QED) is 0.768. The number of furan rings is 1. The molecule has 2 aromatic heterocycles. The molecule has 0 aliphatic carbocycles. The van der Waals surface area contributed by atoms with Gasteiger partial charge in [0.15, 0.2) is 0 Å². The van der Waals surface area contributed by atoms with Crippen LogP contribution in [0.1, 0.15) is 16.3 Å². The second-order valence-electron chi connectivity index (χ2n) is 4.30. The Morgan fingerprint density at radius 1 is 1.28 bits per heavy atom. The van der Waals surface area contributed by atoms with E-state index in [1.165, 1.54) is 10.3 Å². The van der Waals surface area contributed by atoms with E-state index in [-0.39, 0.29) is 0 Å². The standard InChI is InChI=1S/C14H14N2OS/c1-9-5-6-17-13(9)8-15-11-3-4-12-14(7-11)18-10(2)16-12/h3-7,15H,8H2,1-2H3. The van der Waals surface area contributed by atoms with Crippen LogP contribution in [-0.4, -0.2) is 4.98 Å². The fourth-order valence-corrected chi connectivity index (χ4v) is 2.78. The van der Waals surface area contributed by atoms with E-state index < -0.39 is 0 Å². The third-order valence-electron chi connectivity index (χ3n) is 2.92. The maximum atomic E-state index is 5.41. The molecule has 0 bridgehead atoms. The average molecular weight is 258 g/mol. The van der Waals surface area contributed by atoms with Crippen molar-refractivity contribution in [1.29, 1.82) is 0 Å². The fourth-order valence-electron chi connectivity index (χ4n) is 1.92. The number of hydrogen-bond acceptors (Lipinski definition) is 4. The third-order valence-corrected chi connectivity index (χ3v) is 3.85. The first-order valence-corrected chi connectivity index (χ1v) is 6.68. The van der Waals surface area contributed by atoms with Gasteiger partial charge in [0.2, 0.25) is 0 Å². The maximum absolute atomic E-state index is 5.41. The maximum Gasteiger partial charge on any atom is 0.125 e. The molecule has 0 radical (unpaired) electrons. The van der Waals surface area contributed by atoms with Crippen molar-refractivity contribution < 1.29 is 4.42 Å². The summed E-state index contributed by atoms with van der Waals surface area (Å²) in [6, 6.07) is 8.22. The summed E-state index contributed by atoms with van der Waals surface area (Å²) in [5.74, 6) is 0.982. The van der Waals surface area contributed by atoms with Crippen LogP contribution in [0.25, 0.3) is 10.2 Å². The number of nitrogens with one attached hydrogen (secondary N) is 1. The normalized spacial score (nSPS) is 11.0. The van der Waals surface area contributed by atoms with Crippen LogP contribution in [0, 0.1) is 13.8 Å². The highest BCUT2D eigenvalue weighted by Crippen LogP contribution is 2.25. The second kappa shape index (κ2) is 4.46. The van der Waals surface area contributed by atoms with Crippen LogP contribution in [0.15, 0.2) is 34.9 Å². The highest BCUT2D eigenvalue weighted by molar-refractivity contribution is 7.18. The molecule has 0 fully saturated rings. The second-order valence-corrected chi connectivity index (χ2v) is 5.53. The Balaban J connectivity index is 1.80. The highest BCUT2D eigenvalue weighted by atomic mass is 32.1. The molecule has 1 N–H and O–H groups in total. The molecule has 0 saturated heterocycles. The van der Waals surface area contributed by atoms with Crippen LogP contribution < -0.4 is 5.32 Å². The molecule has 3 aromatic rings. The molecular formula is C14H14N2OS. The molecule has 4 heteroatoms. The summed E-state index contributed by atoms with van der Waals surface area (Å²) in [6.07, 6.45) is 1.72. The number of aryl methyl sites for hydroxylation is 2. The SMILES string of the molecule is Cc1nc2ccc(NCc3occc3C)cc2s1. The molecule has 2 heterocycles. The van der Waals surface area contributed by atoms with Gasteiger partial charge < -0.3 is 9.73 Å². The van der Waals surface area contributed by atoms with Crippen molar-refractivity contribution in [2.24, 2.45) is 0 Å².